The summed E-state index contributed by atoms with van der Waals surface area (Å²) in [6, 6.07) is 2.52. The third-order valence-corrected chi connectivity index (χ3v) is 3.36. The highest BCUT2D eigenvalue weighted by molar-refractivity contribution is 7.07. The Kier molecular flexibility index (Phi) is 1.98. The highest BCUT2D eigenvalue weighted by atomic mass is 32.1. The summed E-state index contributed by atoms with van der Waals surface area (Å²) in [4.78, 5) is 4.36. The van der Waals surface area contributed by atoms with Gasteiger partial charge in [0.25, 0.3) is 0 Å². The molecule has 0 aliphatic carbocycles. The molecule has 1 N–H and O–H groups in total. The molecule has 1 aliphatic heterocycles. The van der Waals surface area contributed by atoms with Gasteiger partial charge in [-0.25, -0.2) is 4.68 Å². The second-order valence-electron chi connectivity index (χ2n) is 3.72. The van der Waals surface area contributed by atoms with E-state index in [1.807, 2.05) is 11.6 Å². The average Bonchev–Trinajstić information content (AvgIpc) is 2.82. The van der Waals surface area contributed by atoms with E-state index in [-0.39, 0.29) is 0 Å². The van der Waals surface area contributed by atoms with Gasteiger partial charge < -0.3 is 5.32 Å². The van der Waals surface area contributed by atoms with Crippen LogP contribution in [0.1, 0.15) is 23.9 Å². The van der Waals surface area contributed by atoms with Gasteiger partial charge in [-0.2, -0.15) is 21.4 Å². The van der Waals surface area contributed by atoms with Crippen molar-refractivity contribution in [2.24, 2.45) is 0 Å². The maximum Gasteiger partial charge on any atom is 0.221 e. The van der Waals surface area contributed by atoms with Crippen LogP contribution in [0.2, 0.25) is 0 Å². The third-order valence-electron chi connectivity index (χ3n) is 2.66. The summed E-state index contributed by atoms with van der Waals surface area (Å²) in [5, 5.41) is 12.0. The Labute approximate surface area is 92.0 Å². The summed E-state index contributed by atoms with van der Waals surface area (Å²) in [6.45, 7) is 2.90. The highest BCUT2D eigenvalue weighted by Crippen LogP contribution is 2.29. The molecule has 0 fully saturated rings. The molecule has 0 amide bonds. The van der Waals surface area contributed by atoms with Crippen molar-refractivity contribution in [2.45, 2.75) is 19.4 Å². The molecule has 0 saturated heterocycles. The lowest BCUT2D eigenvalue weighted by Crippen LogP contribution is -2.24. The van der Waals surface area contributed by atoms with Gasteiger partial charge in [-0.05, 0) is 35.7 Å². The molecule has 0 aromatic carbocycles. The first-order valence-corrected chi connectivity index (χ1v) is 5.98. The Morgan fingerprint density at radius 2 is 2.53 bits per heavy atom. The summed E-state index contributed by atoms with van der Waals surface area (Å²) >= 11 is 1.73. The zero-order valence-corrected chi connectivity index (χ0v) is 9.29. The molecule has 3 heterocycles. The number of aryl methyl sites for hydroxylation is 1. The third kappa shape index (κ3) is 1.43. The molecule has 0 radical (unpaired) electrons. The van der Waals surface area contributed by atoms with Crippen LogP contribution in [0.3, 0.4) is 0 Å². The molecule has 2 aromatic heterocycles. The average molecular weight is 220 g/mol. The van der Waals surface area contributed by atoms with Gasteiger partial charge in [-0.3, -0.25) is 0 Å². The SMILES string of the molecule is Cc1nc2n(n1)C(c1ccsc1)CCN2. The number of hydrogen-bond donors (Lipinski definition) is 1. The molecule has 0 spiro atoms. The van der Waals surface area contributed by atoms with E-state index in [0.29, 0.717) is 6.04 Å². The standard InChI is InChI=1S/C10H12N4S/c1-7-12-10-11-4-2-9(14(10)13-7)8-3-5-15-6-8/h3,5-6,9H,2,4H2,1H3,(H,11,12,13). The van der Waals surface area contributed by atoms with Gasteiger partial charge in [0.2, 0.25) is 5.95 Å². The van der Waals surface area contributed by atoms with Gasteiger partial charge >= 0.3 is 0 Å². The summed E-state index contributed by atoms with van der Waals surface area (Å²) in [6.07, 6.45) is 1.08. The van der Waals surface area contributed by atoms with Gasteiger partial charge in [0, 0.05) is 6.54 Å². The van der Waals surface area contributed by atoms with Crippen LogP contribution in [0.15, 0.2) is 16.8 Å². The Bertz CT molecular complexity index is 460. The number of thiophene rings is 1. The molecule has 78 valence electrons. The molecular weight excluding hydrogens is 208 g/mol. The second kappa shape index (κ2) is 3.34. The van der Waals surface area contributed by atoms with Gasteiger partial charge in [0.1, 0.15) is 5.82 Å². The maximum absolute atomic E-state index is 4.44. The van der Waals surface area contributed by atoms with Crippen molar-refractivity contribution in [1.29, 1.82) is 0 Å². The Morgan fingerprint density at radius 3 is 3.33 bits per heavy atom. The summed E-state index contributed by atoms with van der Waals surface area (Å²) < 4.78 is 2.00. The van der Waals surface area contributed by atoms with Gasteiger partial charge in [0.15, 0.2) is 0 Å². The molecule has 4 nitrogen and oxygen atoms in total. The molecule has 2 aromatic rings. The first-order chi connectivity index (χ1) is 7.34. The molecule has 1 unspecified atom stereocenters. The Balaban J connectivity index is 2.06. The van der Waals surface area contributed by atoms with Crippen molar-refractivity contribution in [3.63, 3.8) is 0 Å². The molecule has 0 bridgehead atoms. The van der Waals surface area contributed by atoms with E-state index in [4.69, 9.17) is 0 Å². The van der Waals surface area contributed by atoms with Crippen LogP contribution < -0.4 is 5.32 Å². The van der Waals surface area contributed by atoms with E-state index in [0.717, 1.165) is 24.7 Å². The van der Waals surface area contributed by atoms with E-state index in [1.165, 1.54) is 5.56 Å². The summed E-state index contributed by atoms with van der Waals surface area (Å²) in [7, 11) is 0. The predicted molar refractivity (Wildman–Crippen MR) is 60.3 cm³/mol. The van der Waals surface area contributed by atoms with Crippen molar-refractivity contribution in [3.05, 3.63) is 28.2 Å². The van der Waals surface area contributed by atoms with Crippen molar-refractivity contribution >= 4 is 17.3 Å². The lowest BCUT2D eigenvalue weighted by Gasteiger charge is -2.23. The van der Waals surface area contributed by atoms with E-state index >= 15 is 0 Å². The van der Waals surface area contributed by atoms with Crippen molar-refractivity contribution in [1.82, 2.24) is 14.8 Å². The van der Waals surface area contributed by atoms with Gasteiger partial charge in [-0.15, -0.1) is 0 Å². The minimum Gasteiger partial charge on any atom is -0.354 e. The largest absolute Gasteiger partial charge is 0.354 e. The first-order valence-electron chi connectivity index (χ1n) is 5.04. The second-order valence-corrected chi connectivity index (χ2v) is 4.50. The van der Waals surface area contributed by atoms with Crippen LogP contribution in [0.4, 0.5) is 5.95 Å². The number of nitrogens with one attached hydrogen (secondary N) is 1. The fraction of sp³-hybridized carbons (Fsp3) is 0.400. The molecule has 5 heteroatoms. The number of anilines is 1. The molecule has 15 heavy (non-hydrogen) atoms. The molecule has 0 saturated carbocycles. The normalized spacial score (nSPS) is 19.7. The fourth-order valence-corrected chi connectivity index (χ4v) is 2.69. The zero-order chi connectivity index (χ0) is 10.3. The molecule has 3 rings (SSSR count). The highest BCUT2D eigenvalue weighted by Gasteiger charge is 2.23. The monoisotopic (exact) mass is 220 g/mol. The van der Waals surface area contributed by atoms with Crippen LogP contribution in [0.25, 0.3) is 0 Å². The summed E-state index contributed by atoms with van der Waals surface area (Å²) in [5.41, 5.74) is 1.34. The van der Waals surface area contributed by atoms with Crippen LogP contribution in [0, 0.1) is 6.92 Å². The molecule has 1 aliphatic rings. The fourth-order valence-electron chi connectivity index (χ4n) is 1.98. The number of rotatable bonds is 1. The minimum absolute atomic E-state index is 0.355. The van der Waals surface area contributed by atoms with Crippen molar-refractivity contribution < 1.29 is 0 Å². The first kappa shape index (κ1) is 8.91. The Hall–Kier alpha value is -1.36. The van der Waals surface area contributed by atoms with E-state index < -0.39 is 0 Å². The topological polar surface area (TPSA) is 42.7 Å². The van der Waals surface area contributed by atoms with Crippen LogP contribution in [-0.2, 0) is 0 Å². The van der Waals surface area contributed by atoms with E-state index in [9.17, 15) is 0 Å². The zero-order valence-electron chi connectivity index (χ0n) is 8.47. The maximum atomic E-state index is 4.44. The molecular formula is C10H12N4S. The Morgan fingerprint density at radius 1 is 1.60 bits per heavy atom. The number of aromatic nitrogens is 3. The van der Waals surface area contributed by atoms with Crippen LogP contribution >= 0.6 is 11.3 Å². The smallest absolute Gasteiger partial charge is 0.221 e. The minimum atomic E-state index is 0.355. The predicted octanol–water partition coefficient (Wildman–Crippen LogP) is 2.05. The number of fused-ring (bicyclic) bond motifs is 1. The van der Waals surface area contributed by atoms with E-state index in [2.05, 4.69) is 32.2 Å². The number of hydrogen-bond acceptors (Lipinski definition) is 4. The van der Waals surface area contributed by atoms with Crippen molar-refractivity contribution in [3.8, 4) is 0 Å². The quantitative estimate of drug-likeness (QED) is 0.800. The van der Waals surface area contributed by atoms with Gasteiger partial charge in [-0.1, -0.05) is 0 Å². The van der Waals surface area contributed by atoms with Gasteiger partial charge in [0.05, 0.1) is 6.04 Å². The molecule has 1 atom stereocenters. The lowest BCUT2D eigenvalue weighted by atomic mass is 10.1. The van der Waals surface area contributed by atoms with Crippen molar-refractivity contribution in [2.75, 3.05) is 11.9 Å². The summed E-state index contributed by atoms with van der Waals surface area (Å²) in [5.74, 6) is 1.73. The van der Waals surface area contributed by atoms with Crippen LogP contribution in [-0.4, -0.2) is 21.3 Å². The number of nitrogens with zero attached hydrogens (tertiary/aromatic N) is 3. The van der Waals surface area contributed by atoms with Crippen LogP contribution in [0.5, 0.6) is 0 Å². The van der Waals surface area contributed by atoms with E-state index in [1.54, 1.807) is 11.3 Å². The lowest BCUT2D eigenvalue weighted by molar-refractivity contribution is 0.479.